The Labute approximate surface area is 98.6 Å². The molecule has 90 valence electrons. The molecule has 6 nitrogen and oxygen atoms in total. The van der Waals surface area contributed by atoms with E-state index in [0.29, 0.717) is 11.4 Å². The predicted molar refractivity (Wildman–Crippen MR) is 62.2 cm³/mol. The molecule has 0 fully saturated rings. The van der Waals surface area contributed by atoms with Crippen LogP contribution in [0, 0.1) is 0 Å². The van der Waals surface area contributed by atoms with Crippen LogP contribution in [0.3, 0.4) is 0 Å². The molecule has 0 amide bonds. The first-order valence-electron chi connectivity index (χ1n) is 5.13. The molecule has 0 unspecified atom stereocenters. The summed E-state index contributed by atoms with van der Waals surface area (Å²) in [6.45, 7) is 0.206. The molecular formula is C11H14N4O2. The molecule has 0 bridgehead atoms. The van der Waals surface area contributed by atoms with Gasteiger partial charge in [-0.25, -0.2) is 4.79 Å². The number of nitrogens with two attached hydrogens (primary N) is 1. The SMILES string of the molecule is Cn1cc(COC(=O)c2cc(N)cn2C)cn1. The minimum atomic E-state index is -0.395. The van der Waals surface area contributed by atoms with Crippen molar-refractivity contribution in [1.82, 2.24) is 14.3 Å². The lowest BCUT2D eigenvalue weighted by molar-refractivity contribution is 0.0461. The Bertz CT molecular complexity index is 541. The number of esters is 1. The Hall–Kier alpha value is -2.24. The first kappa shape index (κ1) is 11.3. The molecule has 0 radical (unpaired) electrons. The van der Waals surface area contributed by atoms with Gasteiger partial charge in [0.2, 0.25) is 0 Å². The number of hydrogen-bond donors (Lipinski definition) is 1. The van der Waals surface area contributed by atoms with Gasteiger partial charge in [0, 0.05) is 32.1 Å². The summed E-state index contributed by atoms with van der Waals surface area (Å²) in [4.78, 5) is 11.7. The minimum absolute atomic E-state index is 0.206. The number of aryl methyl sites for hydroxylation is 2. The van der Waals surface area contributed by atoms with Gasteiger partial charge in [-0.05, 0) is 6.07 Å². The molecule has 2 N–H and O–H groups in total. The Morgan fingerprint density at radius 1 is 1.47 bits per heavy atom. The quantitative estimate of drug-likeness (QED) is 0.793. The van der Waals surface area contributed by atoms with Gasteiger partial charge in [0.15, 0.2) is 0 Å². The number of nitrogens with zero attached hydrogens (tertiary/aromatic N) is 3. The Morgan fingerprint density at radius 2 is 2.24 bits per heavy atom. The van der Waals surface area contributed by atoms with Crippen molar-refractivity contribution < 1.29 is 9.53 Å². The zero-order valence-electron chi connectivity index (χ0n) is 9.75. The van der Waals surface area contributed by atoms with Crippen molar-refractivity contribution >= 4 is 11.7 Å². The van der Waals surface area contributed by atoms with Crippen LogP contribution in [-0.4, -0.2) is 20.3 Å². The van der Waals surface area contributed by atoms with Gasteiger partial charge < -0.3 is 15.0 Å². The standard InChI is InChI=1S/C11H14N4O2/c1-14-6-9(12)3-10(14)11(16)17-7-8-4-13-15(2)5-8/h3-6H,7,12H2,1-2H3. The highest BCUT2D eigenvalue weighted by molar-refractivity contribution is 5.89. The van der Waals surface area contributed by atoms with Crippen molar-refractivity contribution in [1.29, 1.82) is 0 Å². The molecule has 0 aliphatic rings. The maximum absolute atomic E-state index is 11.7. The van der Waals surface area contributed by atoms with Crippen molar-refractivity contribution in [3.63, 3.8) is 0 Å². The molecular weight excluding hydrogens is 220 g/mol. The fraction of sp³-hybridized carbons (Fsp3) is 0.273. The lowest BCUT2D eigenvalue weighted by Gasteiger charge is -2.03. The molecule has 0 spiro atoms. The topological polar surface area (TPSA) is 75.1 Å². The molecule has 6 heteroatoms. The third kappa shape index (κ3) is 2.47. The van der Waals surface area contributed by atoms with Gasteiger partial charge in [-0.3, -0.25) is 4.68 Å². The zero-order valence-corrected chi connectivity index (χ0v) is 9.75. The van der Waals surface area contributed by atoms with E-state index in [1.165, 1.54) is 0 Å². The lowest BCUT2D eigenvalue weighted by atomic mass is 10.4. The van der Waals surface area contributed by atoms with Crippen molar-refractivity contribution in [2.75, 3.05) is 5.73 Å². The van der Waals surface area contributed by atoms with E-state index in [9.17, 15) is 4.79 Å². The summed E-state index contributed by atoms with van der Waals surface area (Å²) in [5.41, 5.74) is 7.41. The monoisotopic (exact) mass is 234 g/mol. The first-order valence-corrected chi connectivity index (χ1v) is 5.13. The molecule has 2 aromatic rings. The van der Waals surface area contributed by atoms with Crippen LogP contribution in [0.1, 0.15) is 16.1 Å². The maximum atomic E-state index is 11.7. The number of anilines is 1. The minimum Gasteiger partial charge on any atom is -0.456 e. The summed E-state index contributed by atoms with van der Waals surface area (Å²) in [5.74, 6) is -0.395. The lowest BCUT2D eigenvalue weighted by Crippen LogP contribution is -2.09. The third-order valence-corrected chi connectivity index (χ3v) is 2.36. The third-order valence-electron chi connectivity index (χ3n) is 2.36. The largest absolute Gasteiger partial charge is 0.456 e. The summed E-state index contributed by atoms with van der Waals surface area (Å²) >= 11 is 0. The molecule has 0 saturated heterocycles. The van der Waals surface area contributed by atoms with Crippen LogP contribution in [0.15, 0.2) is 24.7 Å². The van der Waals surface area contributed by atoms with Crippen LogP contribution in [0.25, 0.3) is 0 Å². The number of rotatable bonds is 3. The Morgan fingerprint density at radius 3 is 2.76 bits per heavy atom. The van der Waals surface area contributed by atoms with E-state index < -0.39 is 5.97 Å². The van der Waals surface area contributed by atoms with Crippen molar-refractivity contribution in [3.8, 4) is 0 Å². The normalized spacial score (nSPS) is 10.5. The molecule has 2 rings (SSSR count). The molecule has 0 aromatic carbocycles. The van der Waals surface area contributed by atoms with Crippen LogP contribution >= 0.6 is 0 Å². The van der Waals surface area contributed by atoms with Gasteiger partial charge in [-0.2, -0.15) is 5.10 Å². The number of hydrogen-bond acceptors (Lipinski definition) is 4. The second-order valence-corrected chi connectivity index (χ2v) is 3.87. The van der Waals surface area contributed by atoms with Crippen LogP contribution in [0.5, 0.6) is 0 Å². The van der Waals surface area contributed by atoms with E-state index >= 15 is 0 Å². The molecule has 0 aliphatic heterocycles. The second-order valence-electron chi connectivity index (χ2n) is 3.87. The number of ether oxygens (including phenoxy) is 1. The summed E-state index contributed by atoms with van der Waals surface area (Å²) in [5, 5.41) is 3.99. The zero-order chi connectivity index (χ0) is 12.4. The average Bonchev–Trinajstić information content (AvgIpc) is 2.81. The number of aromatic nitrogens is 3. The van der Waals surface area contributed by atoms with E-state index in [0.717, 1.165) is 5.56 Å². The first-order chi connectivity index (χ1) is 8.06. The molecule has 0 saturated carbocycles. The molecule has 0 aliphatic carbocycles. The average molecular weight is 234 g/mol. The van der Waals surface area contributed by atoms with Gasteiger partial charge in [0.05, 0.1) is 11.9 Å². The van der Waals surface area contributed by atoms with Crippen LogP contribution < -0.4 is 5.73 Å². The van der Waals surface area contributed by atoms with Crippen LogP contribution in [-0.2, 0) is 25.4 Å². The summed E-state index contributed by atoms with van der Waals surface area (Å²) in [7, 11) is 3.56. The van der Waals surface area contributed by atoms with Crippen molar-refractivity contribution in [3.05, 3.63) is 35.9 Å². The number of carbonyl (C=O) groups excluding carboxylic acids is 1. The molecule has 0 atom stereocenters. The van der Waals surface area contributed by atoms with Gasteiger partial charge >= 0.3 is 5.97 Å². The summed E-state index contributed by atoms with van der Waals surface area (Å²) in [6.07, 6.45) is 5.12. The van der Waals surface area contributed by atoms with E-state index in [2.05, 4.69) is 5.10 Å². The van der Waals surface area contributed by atoms with Gasteiger partial charge in [-0.1, -0.05) is 0 Å². The molecule has 2 heterocycles. The van der Waals surface area contributed by atoms with Gasteiger partial charge in [0.1, 0.15) is 12.3 Å². The highest BCUT2D eigenvalue weighted by atomic mass is 16.5. The van der Waals surface area contributed by atoms with E-state index in [1.807, 2.05) is 7.05 Å². The fourth-order valence-corrected chi connectivity index (χ4v) is 1.56. The van der Waals surface area contributed by atoms with Crippen molar-refractivity contribution in [2.24, 2.45) is 14.1 Å². The summed E-state index contributed by atoms with van der Waals surface area (Å²) in [6, 6.07) is 1.59. The highest BCUT2D eigenvalue weighted by Gasteiger charge is 2.12. The smallest absolute Gasteiger partial charge is 0.355 e. The Kier molecular flexibility index (Phi) is 2.86. The predicted octanol–water partition coefficient (Wildman–Crippen LogP) is 0.698. The van der Waals surface area contributed by atoms with Gasteiger partial charge in [0.25, 0.3) is 0 Å². The fourth-order valence-electron chi connectivity index (χ4n) is 1.56. The van der Waals surface area contributed by atoms with E-state index in [-0.39, 0.29) is 6.61 Å². The number of nitrogen functional groups attached to an aromatic ring is 1. The van der Waals surface area contributed by atoms with Crippen molar-refractivity contribution in [2.45, 2.75) is 6.61 Å². The maximum Gasteiger partial charge on any atom is 0.355 e. The van der Waals surface area contributed by atoms with Gasteiger partial charge in [-0.15, -0.1) is 0 Å². The van der Waals surface area contributed by atoms with E-state index in [1.54, 1.807) is 41.0 Å². The second kappa shape index (κ2) is 4.32. The van der Waals surface area contributed by atoms with E-state index in [4.69, 9.17) is 10.5 Å². The highest BCUT2D eigenvalue weighted by Crippen LogP contribution is 2.11. The Balaban J connectivity index is 2.00. The van der Waals surface area contributed by atoms with Crippen LogP contribution in [0.4, 0.5) is 5.69 Å². The number of carbonyl (C=O) groups is 1. The van der Waals surface area contributed by atoms with Crippen LogP contribution in [0.2, 0.25) is 0 Å². The summed E-state index contributed by atoms with van der Waals surface area (Å²) < 4.78 is 8.45. The molecule has 17 heavy (non-hydrogen) atoms. The molecule has 2 aromatic heterocycles.